The highest BCUT2D eigenvalue weighted by Crippen LogP contribution is 2.21. The highest BCUT2D eigenvalue weighted by atomic mass is 32.2. The maximum Gasteiger partial charge on any atom is 0.261 e. The van der Waals surface area contributed by atoms with Gasteiger partial charge in [0.15, 0.2) is 5.78 Å². The molecule has 0 atom stereocenters. The predicted molar refractivity (Wildman–Crippen MR) is 108 cm³/mol. The predicted octanol–water partition coefficient (Wildman–Crippen LogP) is 4.69. The largest absolute Gasteiger partial charge is 0.289 e. The lowest BCUT2D eigenvalue weighted by atomic mass is 10.1. The Morgan fingerprint density at radius 3 is 2.22 bits per heavy atom. The van der Waals surface area contributed by atoms with Gasteiger partial charge in [0.2, 0.25) is 0 Å². The van der Waals surface area contributed by atoms with E-state index in [2.05, 4.69) is 4.72 Å². The molecule has 5 heteroatoms. The minimum Gasteiger partial charge on any atom is -0.289 e. The molecule has 0 spiro atoms. The van der Waals surface area contributed by atoms with Crippen molar-refractivity contribution < 1.29 is 13.2 Å². The molecule has 0 heterocycles. The summed E-state index contributed by atoms with van der Waals surface area (Å²) in [6.07, 6.45) is 3.19. The highest BCUT2D eigenvalue weighted by molar-refractivity contribution is 7.92. The van der Waals surface area contributed by atoms with Gasteiger partial charge in [-0.15, -0.1) is 0 Å². The molecule has 0 bridgehead atoms. The number of benzene rings is 3. The fourth-order valence-corrected chi connectivity index (χ4v) is 3.72. The number of anilines is 1. The molecule has 3 aromatic rings. The van der Waals surface area contributed by atoms with Gasteiger partial charge in [-0.2, -0.15) is 0 Å². The number of hydrogen-bond acceptors (Lipinski definition) is 3. The fourth-order valence-electron chi connectivity index (χ4n) is 2.62. The van der Waals surface area contributed by atoms with Gasteiger partial charge in [0, 0.05) is 5.56 Å². The summed E-state index contributed by atoms with van der Waals surface area (Å²) in [5, 5.41) is 0. The van der Waals surface area contributed by atoms with Crippen LogP contribution in [0.2, 0.25) is 0 Å². The molecule has 3 rings (SSSR count). The second kappa shape index (κ2) is 8.01. The SMILES string of the molecule is Cc1ccccc1/C=C\C(=O)c1ccccc1NS(=O)(=O)c1ccccc1. The molecule has 1 N–H and O–H groups in total. The molecule has 0 aliphatic heterocycles. The Kier molecular flexibility index (Phi) is 5.52. The minimum absolute atomic E-state index is 0.141. The van der Waals surface area contributed by atoms with E-state index in [1.165, 1.54) is 18.2 Å². The van der Waals surface area contributed by atoms with Gasteiger partial charge in [-0.25, -0.2) is 8.42 Å². The van der Waals surface area contributed by atoms with Gasteiger partial charge in [0.1, 0.15) is 0 Å². The zero-order valence-corrected chi connectivity index (χ0v) is 15.6. The smallest absolute Gasteiger partial charge is 0.261 e. The van der Waals surface area contributed by atoms with Crippen molar-refractivity contribution in [2.45, 2.75) is 11.8 Å². The molecular weight excluding hydrogens is 358 g/mol. The highest BCUT2D eigenvalue weighted by Gasteiger charge is 2.17. The molecule has 0 saturated carbocycles. The lowest BCUT2D eigenvalue weighted by molar-refractivity contribution is 0.104. The first-order valence-electron chi connectivity index (χ1n) is 8.42. The maximum atomic E-state index is 12.7. The summed E-state index contributed by atoms with van der Waals surface area (Å²) in [4.78, 5) is 12.8. The number of rotatable bonds is 6. The molecule has 0 amide bonds. The molecule has 0 saturated heterocycles. The van der Waals surface area contributed by atoms with Crippen molar-refractivity contribution in [3.8, 4) is 0 Å². The topological polar surface area (TPSA) is 63.2 Å². The molecule has 4 nitrogen and oxygen atoms in total. The van der Waals surface area contributed by atoms with Gasteiger partial charge in [-0.05, 0) is 48.4 Å². The summed E-state index contributed by atoms with van der Waals surface area (Å²) in [7, 11) is -3.77. The van der Waals surface area contributed by atoms with Gasteiger partial charge >= 0.3 is 0 Å². The van der Waals surface area contributed by atoms with Crippen LogP contribution >= 0.6 is 0 Å². The Balaban J connectivity index is 1.88. The van der Waals surface area contributed by atoms with E-state index in [0.29, 0.717) is 5.56 Å². The third-order valence-electron chi connectivity index (χ3n) is 4.09. The van der Waals surface area contributed by atoms with Crippen LogP contribution in [0.1, 0.15) is 21.5 Å². The van der Waals surface area contributed by atoms with Gasteiger partial charge in [0.25, 0.3) is 10.0 Å². The lowest BCUT2D eigenvalue weighted by Gasteiger charge is -2.11. The van der Waals surface area contributed by atoms with Crippen molar-refractivity contribution in [3.05, 3.63) is 102 Å². The van der Waals surface area contributed by atoms with Crippen molar-refractivity contribution >= 4 is 27.6 Å². The number of sulfonamides is 1. The summed E-state index contributed by atoms with van der Waals surface area (Å²) in [5.74, 6) is -0.274. The maximum absolute atomic E-state index is 12.7. The monoisotopic (exact) mass is 377 g/mol. The molecule has 0 unspecified atom stereocenters. The van der Waals surface area contributed by atoms with Crippen LogP contribution in [0.4, 0.5) is 5.69 Å². The Morgan fingerprint density at radius 1 is 0.852 bits per heavy atom. The second-order valence-electron chi connectivity index (χ2n) is 6.02. The molecule has 0 radical (unpaired) electrons. The molecule has 0 aliphatic rings. The lowest BCUT2D eigenvalue weighted by Crippen LogP contribution is -2.15. The number of hydrogen-bond donors (Lipinski definition) is 1. The van der Waals surface area contributed by atoms with Crippen molar-refractivity contribution in [1.82, 2.24) is 0 Å². The first-order chi connectivity index (χ1) is 13.0. The van der Waals surface area contributed by atoms with Crippen molar-refractivity contribution in [1.29, 1.82) is 0 Å². The number of carbonyl (C=O) groups excluding carboxylic acids is 1. The van der Waals surface area contributed by atoms with E-state index in [0.717, 1.165) is 11.1 Å². The Morgan fingerprint density at radius 2 is 1.48 bits per heavy atom. The van der Waals surface area contributed by atoms with E-state index in [9.17, 15) is 13.2 Å². The van der Waals surface area contributed by atoms with E-state index in [1.54, 1.807) is 48.5 Å². The van der Waals surface area contributed by atoms with Crippen LogP contribution in [0.5, 0.6) is 0 Å². The fraction of sp³-hybridized carbons (Fsp3) is 0.0455. The van der Waals surface area contributed by atoms with E-state index in [4.69, 9.17) is 0 Å². The van der Waals surface area contributed by atoms with Gasteiger partial charge in [-0.1, -0.05) is 60.7 Å². The van der Waals surface area contributed by atoms with Crippen molar-refractivity contribution in [3.63, 3.8) is 0 Å². The number of aryl methyl sites for hydroxylation is 1. The summed E-state index contributed by atoms with van der Waals surface area (Å²) in [6.45, 7) is 1.96. The van der Waals surface area contributed by atoms with E-state index in [-0.39, 0.29) is 16.4 Å². The zero-order chi connectivity index (χ0) is 19.3. The van der Waals surface area contributed by atoms with E-state index >= 15 is 0 Å². The Bertz CT molecular complexity index is 1090. The van der Waals surface area contributed by atoms with Gasteiger partial charge in [0.05, 0.1) is 10.6 Å². The van der Waals surface area contributed by atoms with Crippen LogP contribution in [-0.2, 0) is 10.0 Å². The average molecular weight is 377 g/mol. The van der Waals surface area contributed by atoms with Gasteiger partial charge in [-0.3, -0.25) is 9.52 Å². The Hall–Kier alpha value is -3.18. The molecule has 0 aromatic heterocycles. The summed E-state index contributed by atoms with van der Waals surface area (Å²) < 4.78 is 27.6. The molecule has 0 fully saturated rings. The molecule has 136 valence electrons. The number of nitrogens with one attached hydrogen (secondary N) is 1. The number of para-hydroxylation sites is 1. The van der Waals surface area contributed by atoms with Gasteiger partial charge < -0.3 is 0 Å². The average Bonchev–Trinajstić information content (AvgIpc) is 2.68. The molecular formula is C22H19NO3S. The zero-order valence-electron chi connectivity index (χ0n) is 14.8. The third-order valence-corrected chi connectivity index (χ3v) is 5.47. The first-order valence-corrected chi connectivity index (χ1v) is 9.90. The number of ketones is 1. The van der Waals surface area contributed by atoms with Crippen molar-refractivity contribution in [2.75, 3.05) is 4.72 Å². The van der Waals surface area contributed by atoms with Crippen LogP contribution in [0.3, 0.4) is 0 Å². The van der Waals surface area contributed by atoms with Crippen LogP contribution in [0.25, 0.3) is 6.08 Å². The summed E-state index contributed by atoms with van der Waals surface area (Å²) in [6, 6.07) is 22.3. The van der Waals surface area contributed by atoms with Crippen LogP contribution in [-0.4, -0.2) is 14.2 Å². The first kappa shape index (κ1) is 18.6. The standard InChI is InChI=1S/C22H19NO3S/c1-17-9-5-6-10-18(17)15-16-22(24)20-13-7-8-14-21(20)23-27(25,26)19-11-3-2-4-12-19/h2-16,23H,1H3/b16-15-. The summed E-state index contributed by atoms with van der Waals surface area (Å²) >= 11 is 0. The number of carbonyl (C=O) groups is 1. The normalized spacial score (nSPS) is 11.4. The minimum atomic E-state index is -3.77. The number of allylic oxidation sites excluding steroid dienone is 1. The van der Waals surface area contributed by atoms with Crippen molar-refractivity contribution in [2.24, 2.45) is 0 Å². The van der Waals surface area contributed by atoms with E-state index < -0.39 is 10.0 Å². The quantitative estimate of drug-likeness (QED) is 0.501. The van der Waals surface area contributed by atoms with E-state index in [1.807, 2.05) is 31.2 Å². The molecule has 0 aliphatic carbocycles. The van der Waals surface area contributed by atoms with Crippen LogP contribution in [0.15, 0.2) is 89.8 Å². The van der Waals surface area contributed by atoms with Crippen LogP contribution < -0.4 is 4.72 Å². The van der Waals surface area contributed by atoms with Crippen LogP contribution in [0, 0.1) is 6.92 Å². The second-order valence-corrected chi connectivity index (χ2v) is 7.70. The third kappa shape index (κ3) is 4.51. The summed E-state index contributed by atoms with van der Waals surface area (Å²) in [5.41, 5.74) is 2.54. The Labute approximate surface area is 159 Å². The molecule has 27 heavy (non-hydrogen) atoms. The molecule has 3 aromatic carbocycles.